The summed E-state index contributed by atoms with van der Waals surface area (Å²) in [5, 5.41) is 3.23. The predicted octanol–water partition coefficient (Wildman–Crippen LogP) is 0.625. The van der Waals surface area contributed by atoms with E-state index in [0.717, 1.165) is 13.1 Å². The zero-order valence-corrected chi connectivity index (χ0v) is 10.9. The normalized spacial score (nSPS) is 19.6. The summed E-state index contributed by atoms with van der Waals surface area (Å²) >= 11 is 0. The second-order valence-corrected chi connectivity index (χ2v) is 5.38. The van der Waals surface area contributed by atoms with Gasteiger partial charge in [0, 0.05) is 44.8 Å². The van der Waals surface area contributed by atoms with Crippen LogP contribution in [0.25, 0.3) is 0 Å². The number of rotatable bonds is 4. The van der Waals surface area contributed by atoms with Crippen LogP contribution in [-0.2, 0) is 0 Å². The van der Waals surface area contributed by atoms with Crippen LogP contribution in [0.4, 0.5) is 0 Å². The van der Waals surface area contributed by atoms with Gasteiger partial charge in [-0.25, -0.2) is 0 Å². The van der Waals surface area contributed by atoms with Gasteiger partial charge in [0.05, 0.1) is 6.54 Å². The molecule has 1 saturated heterocycles. The molecule has 0 saturated carbocycles. The third-order valence-electron chi connectivity index (χ3n) is 3.15. The Morgan fingerprint density at radius 1 is 1.19 bits per heavy atom. The first-order valence-corrected chi connectivity index (χ1v) is 6.15. The molecule has 0 aromatic heterocycles. The first kappa shape index (κ1) is 13.5. The zero-order chi connectivity index (χ0) is 12.0. The van der Waals surface area contributed by atoms with Crippen LogP contribution >= 0.6 is 0 Å². The van der Waals surface area contributed by atoms with Crippen molar-refractivity contribution in [1.29, 1.82) is 0 Å². The molecule has 0 radical (unpaired) electrons. The molecule has 0 amide bonds. The van der Waals surface area contributed by atoms with Gasteiger partial charge in [0.15, 0.2) is 0 Å². The fourth-order valence-corrected chi connectivity index (χ4v) is 2.04. The molecule has 1 aliphatic rings. The molecule has 0 spiro atoms. The highest BCUT2D eigenvalue weighted by Crippen LogP contribution is 2.15. The maximum absolute atomic E-state index is 5.18. The molecule has 3 nitrogen and oxygen atoms in total. The Bertz CT molecular complexity index is 229. The van der Waals surface area contributed by atoms with E-state index in [4.69, 9.17) is 6.42 Å². The van der Waals surface area contributed by atoms with E-state index >= 15 is 0 Å². The van der Waals surface area contributed by atoms with Crippen molar-refractivity contribution in [1.82, 2.24) is 15.1 Å². The van der Waals surface area contributed by atoms with E-state index in [-0.39, 0.29) is 0 Å². The Kier molecular flexibility index (Phi) is 5.27. The molecule has 0 aliphatic carbocycles. The van der Waals surface area contributed by atoms with E-state index < -0.39 is 0 Å². The molecule has 92 valence electrons. The maximum atomic E-state index is 5.18. The standard InChI is InChI=1S/C13H25N3/c1-5-6-14-7-8-15-9-11-16(12-10-15)13(2,3)4/h1,14H,6-12H2,2-4H3. The van der Waals surface area contributed by atoms with Crippen LogP contribution < -0.4 is 5.32 Å². The quantitative estimate of drug-likeness (QED) is 0.557. The van der Waals surface area contributed by atoms with Crippen molar-refractivity contribution in [2.45, 2.75) is 26.3 Å². The van der Waals surface area contributed by atoms with Gasteiger partial charge in [-0.1, -0.05) is 5.92 Å². The van der Waals surface area contributed by atoms with Gasteiger partial charge in [0.25, 0.3) is 0 Å². The molecule has 1 rings (SSSR count). The monoisotopic (exact) mass is 223 g/mol. The van der Waals surface area contributed by atoms with Gasteiger partial charge in [0.1, 0.15) is 0 Å². The minimum Gasteiger partial charge on any atom is -0.305 e. The summed E-state index contributed by atoms with van der Waals surface area (Å²) in [6, 6.07) is 0. The van der Waals surface area contributed by atoms with Crippen LogP contribution in [0.5, 0.6) is 0 Å². The lowest BCUT2D eigenvalue weighted by Gasteiger charge is -2.42. The summed E-state index contributed by atoms with van der Waals surface area (Å²) in [6.45, 7) is 14.4. The highest BCUT2D eigenvalue weighted by atomic mass is 15.3. The van der Waals surface area contributed by atoms with Crippen molar-refractivity contribution in [3.8, 4) is 12.3 Å². The van der Waals surface area contributed by atoms with Crippen LogP contribution in [0.3, 0.4) is 0 Å². The first-order chi connectivity index (χ1) is 7.54. The van der Waals surface area contributed by atoms with Crippen molar-refractivity contribution in [2.75, 3.05) is 45.8 Å². The Morgan fingerprint density at radius 3 is 2.31 bits per heavy atom. The van der Waals surface area contributed by atoms with Crippen molar-refractivity contribution < 1.29 is 0 Å². The Hall–Kier alpha value is -0.560. The summed E-state index contributed by atoms with van der Waals surface area (Å²) in [6.07, 6.45) is 5.18. The summed E-state index contributed by atoms with van der Waals surface area (Å²) in [4.78, 5) is 5.06. The number of nitrogens with one attached hydrogen (secondary N) is 1. The van der Waals surface area contributed by atoms with Crippen LogP contribution in [0.15, 0.2) is 0 Å². The fourth-order valence-electron chi connectivity index (χ4n) is 2.04. The van der Waals surface area contributed by atoms with Gasteiger partial charge in [-0.2, -0.15) is 0 Å². The molecule has 0 atom stereocenters. The molecule has 0 aromatic rings. The number of terminal acetylenes is 1. The Labute approximate surface area is 100 Å². The highest BCUT2D eigenvalue weighted by Gasteiger charge is 2.25. The molecule has 1 heterocycles. The second-order valence-electron chi connectivity index (χ2n) is 5.38. The summed E-state index contributed by atoms with van der Waals surface area (Å²) < 4.78 is 0. The zero-order valence-electron chi connectivity index (χ0n) is 10.9. The smallest absolute Gasteiger partial charge is 0.0574 e. The number of hydrogen-bond acceptors (Lipinski definition) is 3. The molecular formula is C13H25N3. The van der Waals surface area contributed by atoms with E-state index in [0.29, 0.717) is 12.1 Å². The van der Waals surface area contributed by atoms with E-state index in [2.05, 4.69) is 41.8 Å². The van der Waals surface area contributed by atoms with Crippen LogP contribution in [0.2, 0.25) is 0 Å². The van der Waals surface area contributed by atoms with Crippen LogP contribution in [0, 0.1) is 12.3 Å². The molecule has 1 N–H and O–H groups in total. The van der Waals surface area contributed by atoms with E-state index in [1.165, 1.54) is 26.2 Å². The molecule has 3 heteroatoms. The molecule has 0 aromatic carbocycles. The van der Waals surface area contributed by atoms with Gasteiger partial charge < -0.3 is 5.32 Å². The largest absolute Gasteiger partial charge is 0.305 e. The molecule has 0 bridgehead atoms. The van der Waals surface area contributed by atoms with Gasteiger partial charge in [-0.3, -0.25) is 9.80 Å². The summed E-state index contributed by atoms with van der Waals surface area (Å²) in [5.74, 6) is 2.59. The average molecular weight is 223 g/mol. The lowest BCUT2D eigenvalue weighted by molar-refractivity contribution is 0.0629. The molecule has 1 fully saturated rings. The first-order valence-electron chi connectivity index (χ1n) is 6.15. The highest BCUT2D eigenvalue weighted by molar-refractivity contribution is 4.87. The summed E-state index contributed by atoms with van der Waals surface area (Å²) in [7, 11) is 0. The van der Waals surface area contributed by atoms with Crippen LogP contribution in [0.1, 0.15) is 20.8 Å². The third kappa shape index (κ3) is 4.52. The van der Waals surface area contributed by atoms with Gasteiger partial charge in [-0.15, -0.1) is 6.42 Å². The topological polar surface area (TPSA) is 18.5 Å². The molecular weight excluding hydrogens is 198 g/mol. The molecule has 0 unspecified atom stereocenters. The molecule has 1 aliphatic heterocycles. The van der Waals surface area contributed by atoms with Gasteiger partial charge in [0.2, 0.25) is 0 Å². The minimum atomic E-state index is 0.313. The third-order valence-corrected chi connectivity index (χ3v) is 3.15. The van der Waals surface area contributed by atoms with Gasteiger partial charge in [-0.05, 0) is 20.8 Å². The lowest BCUT2D eigenvalue weighted by atomic mass is 10.1. The average Bonchev–Trinajstić information content (AvgIpc) is 2.24. The predicted molar refractivity (Wildman–Crippen MR) is 69.5 cm³/mol. The van der Waals surface area contributed by atoms with Crippen molar-refractivity contribution in [3.05, 3.63) is 0 Å². The van der Waals surface area contributed by atoms with E-state index in [1.54, 1.807) is 0 Å². The minimum absolute atomic E-state index is 0.313. The van der Waals surface area contributed by atoms with Crippen molar-refractivity contribution in [3.63, 3.8) is 0 Å². The number of nitrogens with zero attached hydrogens (tertiary/aromatic N) is 2. The van der Waals surface area contributed by atoms with Crippen LogP contribution in [-0.4, -0.2) is 61.2 Å². The SMILES string of the molecule is C#CCNCCN1CCN(C(C)(C)C)CC1. The fraction of sp³-hybridized carbons (Fsp3) is 0.846. The summed E-state index contributed by atoms with van der Waals surface area (Å²) in [5.41, 5.74) is 0.313. The van der Waals surface area contributed by atoms with Crippen molar-refractivity contribution >= 4 is 0 Å². The Morgan fingerprint density at radius 2 is 1.81 bits per heavy atom. The maximum Gasteiger partial charge on any atom is 0.0574 e. The molecule has 16 heavy (non-hydrogen) atoms. The second kappa shape index (κ2) is 6.24. The number of piperazine rings is 1. The lowest BCUT2D eigenvalue weighted by Crippen LogP contribution is -2.54. The van der Waals surface area contributed by atoms with Gasteiger partial charge >= 0.3 is 0 Å². The van der Waals surface area contributed by atoms with Crippen molar-refractivity contribution in [2.24, 2.45) is 0 Å². The number of hydrogen-bond donors (Lipinski definition) is 1. The Balaban J connectivity index is 2.15. The van der Waals surface area contributed by atoms with E-state index in [1.807, 2.05) is 0 Å². The van der Waals surface area contributed by atoms with E-state index in [9.17, 15) is 0 Å².